The molecule has 1 aromatic rings. The first-order valence-electron chi connectivity index (χ1n) is 8.89. The summed E-state index contributed by atoms with van der Waals surface area (Å²) in [6.45, 7) is 6.78. The lowest BCUT2D eigenvalue weighted by Gasteiger charge is -2.36. The van der Waals surface area contributed by atoms with Crippen LogP contribution in [0.5, 0.6) is 0 Å². The van der Waals surface area contributed by atoms with Crippen LogP contribution in [0.2, 0.25) is 0 Å². The Kier molecular flexibility index (Phi) is 6.28. The monoisotopic (exact) mass is 291 g/mol. The highest BCUT2D eigenvalue weighted by molar-refractivity contribution is 5.03. The van der Waals surface area contributed by atoms with E-state index >= 15 is 0 Å². The molecule has 0 aliphatic heterocycles. The molecule has 1 N–H and O–H groups in total. The highest BCUT2D eigenvalue weighted by atomic mass is 15.3. The Labute approximate surface area is 130 Å². The van der Waals surface area contributed by atoms with Crippen LogP contribution in [-0.4, -0.2) is 22.9 Å². The molecular weight excluding hydrogens is 258 g/mol. The Balaban J connectivity index is 1.99. The van der Waals surface area contributed by atoms with Crippen LogP contribution in [0.25, 0.3) is 0 Å². The summed E-state index contributed by atoms with van der Waals surface area (Å²) in [5, 5.41) is 8.35. The molecule has 1 aliphatic rings. The predicted molar refractivity (Wildman–Crippen MR) is 89.5 cm³/mol. The minimum atomic E-state index is 0.512. The van der Waals surface area contributed by atoms with Gasteiger partial charge in [-0.3, -0.25) is 4.68 Å². The summed E-state index contributed by atoms with van der Waals surface area (Å²) in [5.41, 5.74) is 1.28. The molecule has 0 bridgehead atoms. The second kappa shape index (κ2) is 7.98. The molecule has 0 spiro atoms. The third kappa shape index (κ3) is 4.32. The number of rotatable bonds is 7. The zero-order chi connectivity index (χ0) is 15.2. The fraction of sp³-hybridized carbons (Fsp3) is 0.833. The smallest absolute Gasteiger partial charge is 0.0628 e. The molecule has 120 valence electrons. The summed E-state index contributed by atoms with van der Waals surface area (Å²) in [4.78, 5) is 0. The Morgan fingerprint density at radius 2 is 2.19 bits per heavy atom. The predicted octanol–water partition coefficient (Wildman–Crippen LogP) is 4.20. The maximum Gasteiger partial charge on any atom is 0.0628 e. The van der Waals surface area contributed by atoms with Gasteiger partial charge >= 0.3 is 0 Å². The van der Waals surface area contributed by atoms with E-state index in [0.717, 1.165) is 24.7 Å². The molecule has 1 fully saturated rings. The summed E-state index contributed by atoms with van der Waals surface area (Å²) in [6.07, 6.45) is 11.3. The average molecular weight is 291 g/mol. The van der Waals surface area contributed by atoms with E-state index in [1.807, 2.05) is 0 Å². The van der Waals surface area contributed by atoms with Crippen molar-refractivity contribution in [1.82, 2.24) is 15.1 Å². The highest BCUT2D eigenvalue weighted by Crippen LogP contribution is 2.34. The third-order valence-corrected chi connectivity index (χ3v) is 5.34. The first kappa shape index (κ1) is 16.5. The largest absolute Gasteiger partial charge is 0.317 e. The zero-order valence-corrected chi connectivity index (χ0v) is 14.3. The van der Waals surface area contributed by atoms with Crippen molar-refractivity contribution in [1.29, 1.82) is 0 Å². The van der Waals surface area contributed by atoms with Crippen molar-refractivity contribution in [2.75, 3.05) is 7.05 Å². The molecule has 4 atom stereocenters. The Hall–Kier alpha value is -0.830. The van der Waals surface area contributed by atoms with Gasteiger partial charge in [0.25, 0.3) is 0 Å². The maximum absolute atomic E-state index is 4.80. The normalized spacial score (nSPS) is 27.7. The van der Waals surface area contributed by atoms with Crippen molar-refractivity contribution in [2.45, 2.75) is 77.8 Å². The van der Waals surface area contributed by atoms with E-state index in [9.17, 15) is 0 Å². The summed E-state index contributed by atoms with van der Waals surface area (Å²) < 4.78 is 2.13. The van der Waals surface area contributed by atoms with E-state index in [4.69, 9.17) is 5.10 Å². The number of nitrogens with one attached hydrogen (secondary N) is 1. The van der Waals surface area contributed by atoms with Gasteiger partial charge in [0, 0.05) is 18.3 Å². The number of nitrogens with zero attached hydrogens (tertiary/aromatic N) is 2. The van der Waals surface area contributed by atoms with Gasteiger partial charge in [-0.15, -0.1) is 0 Å². The van der Waals surface area contributed by atoms with Gasteiger partial charge in [-0.25, -0.2) is 0 Å². The molecule has 0 aromatic carbocycles. The van der Waals surface area contributed by atoms with Gasteiger partial charge in [0.15, 0.2) is 0 Å². The Morgan fingerprint density at radius 1 is 1.38 bits per heavy atom. The summed E-state index contributed by atoms with van der Waals surface area (Å²) >= 11 is 0. The van der Waals surface area contributed by atoms with E-state index in [1.54, 1.807) is 0 Å². The molecule has 2 rings (SSSR count). The number of hydrogen-bond donors (Lipinski definition) is 1. The molecule has 3 nitrogen and oxygen atoms in total. The van der Waals surface area contributed by atoms with E-state index in [1.165, 1.54) is 37.8 Å². The second-order valence-electron chi connectivity index (χ2n) is 6.87. The van der Waals surface area contributed by atoms with E-state index < -0.39 is 0 Å². The standard InChI is InChI=1S/C18H33N3/c1-5-7-15-8-9-18(19-4)16(12-15)13-17-10-11-21(20-17)14(3)6-2/h10-11,14-16,18-19H,5-9,12-13H2,1-4H3. The van der Waals surface area contributed by atoms with Crippen LogP contribution in [0.15, 0.2) is 12.3 Å². The van der Waals surface area contributed by atoms with Gasteiger partial charge < -0.3 is 5.32 Å². The number of aromatic nitrogens is 2. The Bertz CT molecular complexity index is 412. The molecule has 0 saturated heterocycles. The number of hydrogen-bond acceptors (Lipinski definition) is 2. The first-order valence-corrected chi connectivity index (χ1v) is 8.89. The summed E-state index contributed by atoms with van der Waals surface area (Å²) in [5.74, 6) is 1.68. The minimum Gasteiger partial charge on any atom is -0.317 e. The Morgan fingerprint density at radius 3 is 2.86 bits per heavy atom. The van der Waals surface area contributed by atoms with Gasteiger partial charge in [0.2, 0.25) is 0 Å². The SMILES string of the molecule is CCCC1CCC(NC)C(Cc2ccn(C(C)CC)n2)C1. The fourth-order valence-corrected chi connectivity index (χ4v) is 3.82. The van der Waals surface area contributed by atoms with Crippen molar-refractivity contribution in [3.63, 3.8) is 0 Å². The van der Waals surface area contributed by atoms with Crippen molar-refractivity contribution in [3.05, 3.63) is 18.0 Å². The molecule has 3 heteroatoms. The molecule has 1 saturated carbocycles. The lowest BCUT2D eigenvalue weighted by atomic mass is 9.74. The van der Waals surface area contributed by atoms with E-state index in [0.29, 0.717) is 12.1 Å². The zero-order valence-electron chi connectivity index (χ0n) is 14.3. The summed E-state index contributed by atoms with van der Waals surface area (Å²) in [7, 11) is 2.12. The van der Waals surface area contributed by atoms with Crippen LogP contribution < -0.4 is 5.32 Å². The molecular formula is C18H33N3. The van der Waals surface area contributed by atoms with Crippen molar-refractivity contribution in [3.8, 4) is 0 Å². The van der Waals surface area contributed by atoms with Crippen LogP contribution in [0, 0.1) is 11.8 Å². The van der Waals surface area contributed by atoms with Gasteiger partial charge in [-0.05, 0) is 64.0 Å². The van der Waals surface area contributed by atoms with Crippen LogP contribution in [-0.2, 0) is 6.42 Å². The van der Waals surface area contributed by atoms with E-state index in [2.05, 4.69) is 50.1 Å². The molecule has 0 amide bonds. The van der Waals surface area contributed by atoms with Crippen molar-refractivity contribution in [2.24, 2.45) is 11.8 Å². The lowest BCUT2D eigenvalue weighted by molar-refractivity contribution is 0.199. The average Bonchev–Trinajstić information content (AvgIpc) is 2.96. The second-order valence-corrected chi connectivity index (χ2v) is 6.87. The van der Waals surface area contributed by atoms with Gasteiger partial charge in [-0.2, -0.15) is 5.10 Å². The van der Waals surface area contributed by atoms with Gasteiger partial charge in [-0.1, -0.05) is 26.7 Å². The highest BCUT2D eigenvalue weighted by Gasteiger charge is 2.29. The third-order valence-electron chi connectivity index (χ3n) is 5.34. The summed E-state index contributed by atoms with van der Waals surface area (Å²) in [6, 6.07) is 3.41. The van der Waals surface area contributed by atoms with Crippen LogP contribution in [0.1, 0.15) is 71.0 Å². The quantitative estimate of drug-likeness (QED) is 0.816. The molecule has 4 unspecified atom stereocenters. The van der Waals surface area contributed by atoms with Crippen molar-refractivity contribution < 1.29 is 0 Å². The van der Waals surface area contributed by atoms with Gasteiger partial charge in [0.1, 0.15) is 0 Å². The first-order chi connectivity index (χ1) is 10.2. The molecule has 0 radical (unpaired) electrons. The van der Waals surface area contributed by atoms with Crippen molar-refractivity contribution >= 4 is 0 Å². The lowest BCUT2D eigenvalue weighted by Crippen LogP contribution is -2.39. The van der Waals surface area contributed by atoms with E-state index in [-0.39, 0.29) is 0 Å². The van der Waals surface area contributed by atoms with Crippen LogP contribution in [0.4, 0.5) is 0 Å². The maximum atomic E-state index is 4.80. The minimum absolute atomic E-state index is 0.512. The molecule has 21 heavy (non-hydrogen) atoms. The fourth-order valence-electron chi connectivity index (χ4n) is 3.82. The van der Waals surface area contributed by atoms with Gasteiger partial charge in [0.05, 0.1) is 5.69 Å². The molecule has 1 heterocycles. The molecule has 1 aromatic heterocycles. The van der Waals surface area contributed by atoms with Crippen LogP contribution in [0.3, 0.4) is 0 Å². The topological polar surface area (TPSA) is 29.9 Å². The molecule has 1 aliphatic carbocycles. The van der Waals surface area contributed by atoms with Crippen LogP contribution >= 0.6 is 0 Å².